The maximum absolute atomic E-state index is 3.59. The van der Waals surface area contributed by atoms with E-state index in [1.807, 2.05) is 0 Å². The molecule has 1 aliphatic carbocycles. The highest BCUT2D eigenvalue weighted by Gasteiger charge is 2.31. The van der Waals surface area contributed by atoms with Crippen molar-refractivity contribution >= 4 is 0 Å². The molecule has 0 aromatic rings. The quantitative estimate of drug-likeness (QED) is 0.841. The first-order chi connectivity index (χ1) is 9.90. The molecule has 2 heteroatoms. The summed E-state index contributed by atoms with van der Waals surface area (Å²) in [6, 6.07) is 0.753. The Morgan fingerprint density at radius 1 is 1.05 bits per heavy atom. The first-order valence-electron chi connectivity index (χ1n) is 9.29. The van der Waals surface area contributed by atoms with E-state index in [1.54, 1.807) is 0 Å². The van der Waals surface area contributed by atoms with Crippen molar-refractivity contribution in [2.24, 2.45) is 23.2 Å². The van der Waals surface area contributed by atoms with Crippen molar-refractivity contribution < 1.29 is 0 Å². The van der Waals surface area contributed by atoms with Crippen LogP contribution in [0.4, 0.5) is 0 Å². The lowest BCUT2D eigenvalue weighted by Gasteiger charge is -2.38. The summed E-state index contributed by atoms with van der Waals surface area (Å²) in [6.07, 6.45) is 8.43. The standard InChI is InChI=1S/C19H38N2/c1-15-8-9-18(20-5)16(13-15)14-21-11-6-7-17(10-12-21)19(2,3)4/h15-18,20H,6-14H2,1-5H3. The molecule has 1 saturated carbocycles. The van der Waals surface area contributed by atoms with E-state index in [0.717, 1.165) is 23.8 Å². The molecule has 21 heavy (non-hydrogen) atoms. The topological polar surface area (TPSA) is 15.3 Å². The SMILES string of the molecule is CNC1CCC(C)CC1CN1CCCC(C(C)(C)C)CC1. The van der Waals surface area contributed by atoms with Gasteiger partial charge in [0.1, 0.15) is 0 Å². The monoisotopic (exact) mass is 294 g/mol. The van der Waals surface area contributed by atoms with E-state index in [1.165, 1.54) is 58.2 Å². The molecule has 1 N–H and O–H groups in total. The average Bonchev–Trinajstić information content (AvgIpc) is 2.64. The molecule has 0 aromatic carbocycles. The van der Waals surface area contributed by atoms with Crippen LogP contribution in [0.15, 0.2) is 0 Å². The molecular formula is C19H38N2. The van der Waals surface area contributed by atoms with Crippen molar-refractivity contribution in [2.45, 2.75) is 72.3 Å². The predicted octanol–water partition coefficient (Wildman–Crippen LogP) is 4.16. The predicted molar refractivity (Wildman–Crippen MR) is 92.6 cm³/mol. The van der Waals surface area contributed by atoms with E-state index in [9.17, 15) is 0 Å². The smallest absolute Gasteiger partial charge is 0.0105 e. The Balaban J connectivity index is 1.87. The Bertz CT molecular complexity index is 307. The fourth-order valence-corrected chi connectivity index (χ4v) is 4.62. The van der Waals surface area contributed by atoms with Gasteiger partial charge in [0.05, 0.1) is 0 Å². The van der Waals surface area contributed by atoms with Crippen LogP contribution < -0.4 is 5.32 Å². The molecule has 0 amide bonds. The van der Waals surface area contributed by atoms with Crippen LogP contribution in [0.25, 0.3) is 0 Å². The van der Waals surface area contributed by atoms with Crippen LogP contribution in [0.5, 0.6) is 0 Å². The van der Waals surface area contributed by atoms with E-state index in [4.69, 9.17) is 0 Å². The molecule has 1 aliphatic heterocycles. The van der Waals surface area contributed by atoms with Crippen molar-refractivity contribution in [3.63, 3.8) is 0 Å². The zero-order valence-electron chi connectivity index (χ0n) is 15.1. The van der Waals surface area contributed by atoms with Crippen molar-refractivity contribution in [3.8, 4) is 0 Å². The number of likely N-dealkylation sites (tertiary alicyclic amines) is 1. The zero-order valence-corrected chi connectivity index (χ0v) is 15.1. The van der Waals surface area contributed by atoms with Crippen LogP contribution in [0.1, 0.15) is 66.2 Å². The van der Waals surface area contributed by atoms with Crippen LogP contribution in [-0.4, -0.2) is 37.6 Å². The highest BCUT2D eigenvalue weighted by atomic mass is 15.1. The van der Waals surface area contributed by atoms with Crippen molar-refractivity contribution in [1.29, 1.82) is 0 Å². The first kappa shape index (κ1) is 17.3. The minimum Gasteiger partial charge on any atom is -0.317 e. The molecule has 4 unspecified atom stereocenters. The largest absolute Gasteiger partial charge is 0.317 e. The minimum absolute atomic E-state index is 0.489. The number of nitrogens with one attached hydrogen (secondary N) is 1. The molecule has 0 radical (unpaired) electrons. The van der Waals surface area contributed by atoms with Gasteiger partial charge in [-0.2, -0.15) is 0 Å². The molecular weight excluding hydrogens is 256 g/mol. The van der Waals surface area contributed by atoms with Gasteiger partial charge in [0.15, 0.2) is 0 Å². The zero-order chi connectivity index (χ0) is 15.5. The maximum atomic E-state index is 3.59. The average molecular weight is 295 g/mol. The van der Waals surface area contributed by atoms with Crippen LogP contribution in [0, 0.1) is 23.2 Å². The third-order valence-corrected chi connectivity index (χ3v) is 6.15. The number of rotatable bonds is 3. The van der Waals surface area contributed by atoms with Crippen LogP contribution in [0.3, 0.4) is 0 Å². The lowest BCUT2D eigenvalue weighted by Crippen LogP contribution is -2.44. The Kier molecular flexibility index (Phi) is 6.14. The van der Waals surface area contributed by atoms with Gasteiger partial charge < -0.3 is 10.2 Å². The Labute approximate surface area is 133 Å². The van der Waals surface area contributed by atoms with E-state index >= 15 is 0 Å². The second-order valence-electron chi connectivity index (χ2n) is 8.87. The summed E-state index contributed by atoms with van der Waals surface area (Å²) in [5.41, 5.74) is 0.489. The molecule has 2 rings (SSSR count). The van der Waals surface area contributed by atoms with Gasteiger partial charge >= 0.3 is 0 Å². The molecule has 0 bridgehead atoms. The first-order valence-corrected chi connectivity index (χ1v) is 9.29. The van der Waals surface area contributed by atoms with Crippen LogP contribution in [0.2, 0.25) is 0 Å². The summed E-state index contributed by atoms with van der Waals surface area (Å²) in [6.45, 7) is 13.7. The molecule has 2 nitrogen and oxygen atoms in total. The van der Waals surface area contributed by atoms with Crippen molar-refractivity contribution in [2.75, 3.05) is 26.7 Å². The summed E-state index contributed by atoms with van der Waals surface area (Å²) in [5, 5.41) is 3.59. The number of hydrogen-bond acceptors (Lipinski definition) is 2. The van der Waals surface area contributed by atoms with Gasteiger partial charge in [-0.05, 0) is 81.8 Å². The third kappa shape index (κ3) is 4.96. The fraction of sp³-hybridized carbons (Fsp3) is 1.00. The summed E-state index contributed by atoms with van der Waals surface area (Å²) in [5.74, 6) is 2.70. The van der Waals surface area contributed by atoms with Gasteiger partial charge in [0, 0.05) is 12.6 Å². The van der Waals surface area contributed by atoms with Gasteiger partial charge in [-0.3, -0.25) is 0 Å². The normalized spacial score (nSPS) is 36.4. The lowest BCUT2D eigenvalue weighted by atomic mass is 9.76. The summed E-state index contributed by atoms with van der Waals surface area (Å²) >= 11 is 0. The number of nitrogens with zero attached hydrogens (tertiary/aromatic N) is 1. The van der Waals surface area contributed by atoms with Gasteiger partial charge in [0.25, 0.3) is 0 Å². The van der Waals surface area contributed by atoms with Crippen molar-refractivity contribution in [3.05, 3.63) is 0 Å². The van der Waals surface area contributed by atoms with Crippen LogP contribution >= 0.6 is 0 Å². The van der Waals surface area contributed by atoms with Gasteiger partial charge in [-0.15, -0.1) is 0 Å². The summed E-state index contributed by atoms with van der Waals surface area (Å²) in [7, 11) is 2.16. The van der Waals surface area contributed by atoms with E-state index in [0.29, 0.717) is 5.41 Å². The fourth-order valence-electron chi connectivity index (χ4n) is 4.62. The molecule has 2 aliphatic rings. The third-order valence-electron chi connectivity index (χ3n) is 6.15. The molecule has 1 saturated heterocycles. The molecule has 0 spiro atoms. The number of hydrogen-bond donors (Lipinski definition) is 1. The van der Waals surface area contributed by atoms with Crippen molar-refractivity contribution in [1.82, 2.24) is 10.2 Å². The Morgan fingerprint density at radius 2 is 1.81 bits per heavy atom. The van der Waals surface area contributed by atoms with Crippen LogP contribution in [-0.2, 0) is 0 Å². The highest BCUT2D eigenvalue weighted by Crippen LogP contribution is 2.35. The molecule has 0 aromatic heterocycles. The molecule has 4 atom stereocenters. The lowest BCUT2D eigenvalue weighted by molar-refractivity contribution is 0.146. The second-order valence-corrected chi connectivity index (χ2v) is 8.87. The van der Waals surface area contributed by atoms with E-state index in [-0.39, 0.29) is 0 Å². The van der Waals surface area contributed by atoms with E-state index < -0.39 is 0 Å². The molecule has 2 fully saturated rings. The van der Waals surface area contributed by atoms with Gasteiger partial charge in [0.2, 0.25) is 0 Å². The highest BCUT2D eigenvalue weighted by molar-refractivity contribution is 4.86. The maximum Gasteiger partial charge on any atom is 0.0105 e. The Morgan fingerprint density at radius 3 is 2.48 bits per heavy atom. The van der Waals surface area contributed by atoms with E-state index in [2.05, 4.69) is 45.0 Å². The second kappa shape index (κ2) is 7.46. The minimum atomic E-state index is 0.489. The molecule has 1 heterocycles. The Hall–Kier alpha value is -0.0800. The van der Waals surface area contributed by atoms with Gasteiger partial charge in [-0.1, -0.05) is 27.7 Å². The summed E-state index contributed by atoms with van der Waals surface area (Å²) in [4.78, 5) is 2.78. The molecule has 124 valence electrons. The van der Waals surface area contributed by atoms with Gasteiger partial charge in [-0.25, -0.2) is 0 Å². The summed E-state index contributed by atoms with van der Waals surface area (Å²) < 4.78 is 0.